The van der Waals surface area contributed by atoms with Gasteiger partial charge in [0.05, 0.1) is 11.7 Å². The molecule has 1 saturated heterocycles. The van der Waals surface area contributed by atoms with Crippen molar-refractivity contribution in [3.05, 3.63) is 28.2 Å². The van der Waals surface area contributed by atoms with Crippen LogP contribution in [0, 0.1) is 0 Å². The summed E-state index contributed by atoms with van der Waals surface area (Å²) in [6.45, 7) is 0.879. The predicted octanol–water partition coefficient (Wildman–Crippen LogP) is 1.36. The normalized spacial score (nSPS) is 20.1. The molecule has 2 N–H and O–H groups in total. The Morgan fingerprint density at radius 1 is 1.50 bits per heavy atom. The Balaban J connectivity index is 2.21. The van der Waals surface area contributed by atoms with Gasteiger partial charge in [-0.2, -0.15) is 0 Å². The molecule has 1 heterocycles. The quantitative estimate of drug-likeness (QED) is 0.819. The van der Waals surface area contributed by atoms with E-state index in [-0.39, 0.29) is 17.2 Å². The number of hydrogen-bond acceptors (Lipinski definition) is 3. The molecule has 1 aromatic rings. The minimum absolute atomic E-state index is 0.0410. The van der Waals surface area contributed by atoms with Crippen LogP contribution in [-0.4, -0.2) is 40.2 Å². The number of rotatable bonds is 1. The Kier molecular flexibility index (Phi) is 3.16. The molecule has 86 valence electrons. The fraction of sp³-hybridized carbons (Fsp3) is 0.364. The number of aliphatic hydroxyl groups excluding tert-OH is 1. The molecule has 0 saturated carbocycles. The summed E-state index contributed by atoms with van der Waals surface area (Å²) in [7, 11) is 0. The molecular weight excluding hydrogens is 274 g/mol. The van der Waals surface area contributed by atoms with Crippen molar-refractivity contribution in [1.82, 2.24) is 4.90 Å². The van der Waals surface area contributed by atoms with Crippen LogP contribution in [0.3, 0.4) is 0 Å². The van der Waals surface area contributed by atoms with Crippen molar-refractivity contribution < 1.29 is 15.0 Å². The summed E-state index contributed by atoms with van der Waals surface area (Å²) in [5.74, 6) is -0.276. The van der Waals surface area contributed by atoms with Crippen molar-refractivity contribution in [2.24, 2.45) is 0 Å². The van der Waals surface area contributed by atoms with Crippen molar-refractivity contribution >= 4 is 21.8 Å². The Labute approximate surface area is 102 Å². The molecule has 0 bridgehead atoms. The van der Waals surface area contributed by atoms with E-state index in [0.29, 0.717) is 19.5 Å². The van der Waals surface area contributed by atoms with Gasteiger partial charge in [-0.1, -0.05) is 15.9 Å². The summed E-state index contributed by atoms with van der Waals surface area (Å²) in [5, 5.41) is 19.0. The number of phenolic OH excluding ortho intramolecular Hbond substituents is 1. The summed E-state index contributed by atoms with van der Waals surface area (Å²) in [6, 6.07) is 4.77. The van der Waals surface area contributed by atoms with E-state index < -0.39 is 6.10 Å². The summed E-state index contributed by atoms with van der Waals surface area (Å²) < 4.78 is 0.725. The molecule has 1 atom stereocenters. The monoisotopic (exact) mass is 285 g/mol. The highest BCUT2D eigenvalue weighted by atomic mass is 79.9. The minimum Gasteiger partial charge on any atom is -0.507 e. The Hall–Kier alpha value is -1.07. The van der Waals surface area contributed by atoms with Crippen LogP contribution in [0.1, 0.15) is 16.8 Å². The van der Waals surface area contributed by atoms with E-state index >= 15 is 0 Å². The van der Waals surface area contributed by atoms with Gasteiger partial charge in [0.1, 0.15) is 5.75 Å². The molecule has 5 heteroatoms. The van der Waals surface area contributed by atoms with Gasteiger partial charge in [-0.15, -0.1) is 0 Å². The molecule has 0 aliphatic carbocycles. The second-order valence-electron chi connectivity index (χ2n) is 3.86. The van der Waals surface area contributed by atoms with Gasteiger partial charge < -0.3 is 15.1 Å². The van der Waals surface area contributed by atoms with Crippen LogP contribution >= 0.6 is 15.9 Å². The number of aliphatic hydroxyl groups is 1. The number of β-amino-alcohol motifs (C(OH)–C–C–N with tert-alkyl or cyclic N) is 1. The number of aromatic hydroxyl groups is 1. The molecule has 2 rings (SSSR count). The van der Waals surface area contributed by atoms with E-state index in [0.717, 1.165) is 4.47 Å². The molecular formula is C11H12BrNO3. The molecule has 0 spiro atoms. The number of benzene rings is 1. The minimum atomic E-state index is -0.443. The van der Waals surface area contributed by atoms with E-state index in [1.54, 1.807) is 17.0 Å². The van der Waals surface area contributed by atoms with Crippen LogP contribution in [0.15, 0.2) is 22.7 Å². The number of amides is 1. The topological polar surface area (TPSA) is 60.8 Å². The van der Waals surface area contributed by atoms with Gasteiger partial charge in [-0.3, -0.25) is 4.79 Å². The van der Waals surface area contributed by atoms with E-state index in [1.165, 1.54) is 6.07 Å². The van der Waals surface area contributed by atoms with E-state index in [9.17, 15) is 15.0 Å². The van der Waals surface area contributed by atoms with Crippen LogP contribution in [0.5, 0.6) is 5.75 Å². The van der Waals surface area contributed by atoms with Crippen LogP contribution in [0.2, 0.25) is 0 Å². The van der Waals surface area contributed by atoms with Crippen molar-refractivity contribution in [2.75, 3.05) is 13.1 Å². The lowest BCUT2D eigenvalue weighted by molar-refractivity contribution is 0.0762. The zero-order chi connectivity index (χ0) is 11.7. The number of likely N-dealkylation sites (tertiary alicyclic amines) is 1. The van der Waals surface area contributed by atoms with E-state index in [1.807, 2.05) is 0 Å². The first-order valence-electron chi connectivity index (χ1n) is 5.04. The summed E-state index contributed by atoms with van der Waals surface area (Å²) >= 11 is 3.21. The average Bonchev–Trinajstić information content (AvgIpc) is 2.64. The third-order valence-corrected chi connectivity index (χ3v) is 3.13. The Bertz CT molecular complexity index is 422. The first kappa shape index (κ1) is 11.4. The SMILES string of the molecule is O=C(c1ccc(Br)cc1O)N1CC[C@@H](O)C1. The smallest absolute Gasteiger partial charge is 0.257 e. The van der Waals surface area contributed by atoms with Gasteiger partial charge in [-0.25, -0.2) is 0 Å². The molecule has 1 aliphatic rings. The second kappa shape index (κ2) is 4.43. The third kappa shape index (κ3) is 2.20. The average molecular weight is 286 g/mol. The molecule has 4 nitrogen and oxygen atoms in total. The maximum Gasteiger partial charge on any atom is 0.257 e. The number of carbonyl (C=O) groups is 1. The van der Waals surface area contributed by atoms with E-state index in [4.69, 9.17) is 0 Å². The first-order valence-corrected chi connectivity index (χ1v) is 5.83. The van der Waals surface area contributed by atoms with Gasteiger partial charge in [0.25, 0.3) is 5.91 Å². The molecule has 1 aromatic carbocycles. The third-order valence-electron chi connectivity index (χ3n) is 2.64. The molecule has 0 aromatic heterocycles. The molecule has 1 aliphatic heterocycles. The lowest BCUT2D eigenvalue weighted by Crippen LogP contribution is -2.29. The van der Waals surface area contributed by atoms with Gasteiger partial charge >= 0.3 is 0 Å². The van der Waals surface area contributed by atoms with Crippen LogP contribution in [0.25, 0.3) is 0 Å². The molecule has 1 fully saturated rings. The number of hydrogen-bond donors (Lipinski definition) is 2. The Morgan fingerprint density at radius 2 is 2.25 bits per heavy atom. The lowest BCUT2D eigenvalue weighted by Gasteiger charge is -2.16. The fourth-order valence-corrected chi connectivity index (χ4v) is 2.13. The summed E-state index contributed by atoms with van der Waals surface area (Å²) in [6.07, 6.45) is 0.157. The van der Waals surface area contributed by atoms with Crippen molar-refractivity contribution in [2.45, 2.75) is 12.5 Å². The molecule has 16 heavy (non-hydrogen) atoms. The fourth-order valence-electron chi connectivity index (χ4n) is 1.78. The summed E-state index contributed by atoms with van der Waals surface area (Å²) in [4.78, 5) is 13.5. The maximum absolute atomic E-state index is 12.0. The van der Waals surface area contributed by atoms with Crippen molar-refractivity contribution in [3.8, 4) is 5.75 Å². The van der Waals surface area contributed by atoms with Crippen molar-refractivity contribution in [3.63, 3.8) is 0 Å². The number of halogens is 1. The van der Waals surface area contributed by atoms with Crippen molar-refractivity contribution in [1.29, 1.82) is 0 Å². The van der Waals surface area contributed by atoms with Crippen LogP contribution in [-0.2, 0) is 0 Å². The number of carbonyl (C=O) groups excluding carboxylic acids is 1. The molecule has 0 radical (unpaired) electrons. The standard InChI is InChI=1S/C11H12BrNO3/c12-7-1-2-9(10(15)5-7)11(16)13-4-3-8(14)6-13/h1-2,5,8,14-15H,3-4,6H2/t8-/m1/s1. The summed E-state index contributed by atoms with van der Waals surface area (Å²) in [5.41, 5.74) is 0.275. The number of phenols is 1. The zero-order valence-electron chi connectivity index (χ0n) is 8.56. The first-order chi connectivity index (χ1) is 7.58. The van der Waals surface area contributed by atoms with E-state index in [2.05, 4.69) is 15.9 Å². The largest absolute Gasteiger partial charge is 0.507 e. The van der Waals surface area contributed by atoms with Gasteiger partial charge in [0, 0.05) is 17.6 Å². The molecule has 0 unspecified atom stereocenters. The van der Waals surface area contributed by atoms with Gasteiger partial charge in [0.15, 0.2) is 0 Å². The second-order valence-corrected chi connectivity index (χ2v) is 4.77. The maximum atomic E-state index is 12.0. The number of nitrogens with zero attached hydrogens (tertiary/aromatic N) is 1. The van der Waals surface area contributed by atoms with Gasteiger partial charge in [0.2, 0.25) is 0 Å². The Morgan fingerprint density at radius 3 is 2.81 bits per heavy atom. The highest BCUT2D eigenvalue weighted by Crippen LogP contribution is 2.24. The zero-order valence-corrected chi connectivity index (χ0v) is 10.1. The lowest BCUT2D eigenvalue weighted by atomic mass is 10.2. The highest BCUT2D eigenvalue weighted by Gasteiger charge is 2.26. The van der Waals surface area contributed by atoms with Crippen LogP contribution in [0.4, 0.5) is 0 Å². The highest BCUT2D eigenvalue weighted by molar-refractivity contribution is 9.10. The van der Waals surface area contributed by atoms with Crippen LogP contribution < -0.4 is 0 Å². The van der Waals surface area contributed by atoms with Gasteiger partial charge in [-0.05, 0) is 24.6 Å². The molecule has 1 amide bonds. The predicted molar refractivity (Wildman–Crippen MR) is 62.3 cm³/mol.